The van der Waals surface area contributed by atoms with E-state index in [2.05, 4.69) is 10.3 Å². The van der Waals surface area contributed by atoms with Crippen molar-refractivity contribution in [3.05, 3.63) is 32.4 Å². The molecule has 2 aromatic rings. The van der Waals surface area contributed by atoms with Crippen molar-refractivity contribution >= 4 is 45.4 Å². The highest BCUT2D eigenvalue weighted by atomic mass is 35.5. The molecule has 2 rings (SSSR count). The molecule has 0 saturated carbocycles. The number of carboxylic acids is 1. The summed E-state index contributed by atoms with van der Waals surface area (Å²) in [6.07, 6.45) is 0. The summed E-state index contributed by atoms with van der Waals surface area (Å²) in [4.78, 5) is 15.9. The Bertz CT molecular complexity index is 555. The monoisotopic (exact) mass is 303 g/mol. The van der Waals surface area contributed by atoms with Gasteiger partial charge < -0.3 is 16.2 Å². The van der Waals surface area contributed by atoms with Gasteiger partial charge in [0.1, 0.15) is 6.04 Å². The van der Waals surface area contributed by atoms with Crippen molar-refractivity contribution in [2.45, 2.75) is 12.6 Å². The lowest BCUT2D eigenvalue weighted by molar-refractivity contribution is -0.138. The summed E-state index contributed by atoms with van der Waals surface area (Å²) in [5.41, 5.74) is 5.82. The fraction of sp³-hybridized carbons (Fsp3) is 0.200. The number of carbonyl (C=O) groups is 1. The van der Waals surface area contributed by atoms with E-state index in [1.807, 2.05) is 12.1 Å². The van der Waals surface area contributed by atoms with Gasteiger partial charge in [0.25, 0.3) is 0 Å². The summed E-state index contributed by atoms with van der Waals surface area (Å²) in [5, 5.41) is 14.1. The van der Waals surface area contributed by atoms with Gasteiger partial charge in [0.2, 0.25) is 0 Å². The number of rotatable bonds is 5. The second kappa shape index (κ2) is 5.66. The van der Waals surface area contributed by atoms with Gasteiger partial charge in [-0.1, -0.05) is 11.6 Å². The maximum atomic E-state index is 10.7. The number of hydrogen-bond donors (Lipinski definition) is 3. The lowest BCUT2D eigenvalue weighted by Crippen LogP contribution is -2.20. The van der Waals surface area contributed by atoms with Gasteiger partial charge >= 0.3 is 5.97 Å². The van der Waals surface area contributed by atoms with Crippen LogP contribution < -0.4 is 11.1 Å². The lowest BCUT2D eigenvalue weighted by Gasteiger charge is -2.01. The van der Waals surface area contributed by atoms with Gasteiger partial charge in [0.05, 0.1) is 16.6 Å². The highest BCUT2D eigenvalue weighted by Crippen LogP contribution is 2.24. The van der Waals surface area contributed by atoms with Crippen LogP contribution in [0, 0.1) is 0 Å². The van der Waals surface area contributed by atoms with Crippen molar-refractivity contribution in [1.82, 2.24) is 4.98 Å². The van der Waals surface area contributed by atoms with E-state index in [0.717, 1.165) is 9.21 Å². The number of thiazole rings is 1. The molecule has 96 valence electrons. The van der Waals surface area contributed by atoms with Crippen molar-refractivity contribution in [3.8, 4) is 0 Å². The first kappa shape index (κ1) is 13.3. The summed E-state index contributed by atoms with van der Waals surface area (Å²) < 4.78 is 0.736. The quantitative estimate of drug-likeness (QED) is 0.790. The maximum Gasteiger partial charge on any atom is 0.326 e. The number of anilines is 1. The van der Waals surface area contributed by atoms with Crippen molar-refractivity contribution in [1.29, 1.82) is 0 Å². The first-order valence-electron chi connectivity index (χ1n) is 4.98. The van der Waals surface area contributed by atoms with Gasteiger partial charge in [-0.25, -0.2) is 4.98 Å². The Balaban J connectivity index is 1.96. The molecule has 0 amide bonds. The maximum absolute atomic E-state index is 10.7. The molecule has 0 bridgehead atoms. The fourth-order valence-corrected chi connectivity index (χ4v) is 3.02. The topological polar surface area (TPSA) is 88.2 Å². The molecule has 4 N–H and O–H groups in total. The van der Waals surface area contributed by atoms with E-state index >= 15 is 0 Å². The third kappa shape index (κ3) is 3.20. The van der Waals surface area contributed by atoms with Crippen molar-refractivity contribution in [3.63, 3.8) is 0 Å². The van der Waals surface area contributed by atoms with Crippen LogP contribution in [0.2, 0.25) is 4.34 Å². The second-order valence-electron chi connectivity index (χ2n) is 3.45. The molecular weight excluding hydrogens is 294 g/mol. The van der Waals surface area contributed by atoms with E-state index in [0.29, 0.717) is 17.4 Å². The summed E-state index contributed by atoms with van der Waals surface area (Å²) in [6.45, 7) is 0.604. The summed E-state index contributed by atoms with van der Waals surface area (Å²) in [6, 6.07) is 2.68. The van der Waals surface area contributed by atoms with Crippen LogP contribution in [-0.2, 0) is 11.3 Å². The summed E-state index contributed by atoms with van der Waals surface area (Å²) >= 11 is 8.63. The van der Waals surface area contributed by atoms with Gasteiger partial charge in [-0.15, -0.1) is 22.7 Å². The molecule has 0 aliphatic rings. The number of aliphatic carboxylic acids is 1. The van der Waals surface area contributed by atoms with Crippen LogP contribution in [0.1, 0.15) is 16.6 Å². The van der Waals surface area contributed by atoms with Gasteiger partial charge in [-0.3, -0.25) is 4.79 Å². The Morgan fingerprint density at radius 2 is 2.39 bits per heavy atom. The number of nitrogens with two attached hydrogens (primary N) is 1. The minimum Gasteiger partial charge on any atom is -0.480 e. The Morgan fingerprint density at radius 3 is 3.00 bits per heavy atom. The molecule has 18 heavy (non-hydrogen) atoms. The average molecular weight is 304 g/mol. The number of nitrogens with one attached hydrogen (secondary N) is 1. The molecule has 0 saturated heterocycles. The number of halogens is 1. The van der Waals surface area contributed by atoms with E-state index < -0.39 is 12.0 Å². The summed E-state index contributed by atoms with van der Waals surface area (Å²) in [7, 11) is 0. The molecule has 1 atom stereocenters. The SMILES string of the molecule is NC(C(=O)O)c1csc(NCc2ccc(Cl)s2)n1. The smallest absolute Gasteiger partial charge is 0.326 e. The third-order valence-corrected chi connectivity index (χ3v) is 4.20. The van der Waals surface area contributed by atoms with Gasteiger partial charge in [0, 0.05) is 10.3 Å². The van der Waals surface area contributed by atoms with Crippen molar-refractivity contribution in [2.75, 3.05) is 5.32 Å². The normalized spacial score (nSPS) is 12.3. The van der Waals surface area contributed by atoms with Crippen LogP contribution in [0.3, 0.4) is 0 Å². The molecule has 8 heteroatoms. The van der Waals surface area contributed by atoms with Gasteiger partial charge in [-0.2, -0.15) is 0 Å². The molecule has 0 aromatic carbocycles. The molecule has 5 nitrogen and oxygen atoms in total. The van der Waals surface area contributed by atoms with E-state index in [1.165, 1.54) is 22.7 Å². The van der Waals surface area contributed by atoms with E-state index in [1.54, 1.807) is 5.38 Å². The van der Waals surface area contributed by atoms with Crippen LogP contribution in [0.15, 0.2) is 17.5 Å². The third-order valence-electron chi connectivity index (χ3n) is 2.15. The van der Waals surface area contributed by atoms with Crippen LogP contribution in [0.5, 0.6) is 0 Å². The van der Waals surface area contributed by atoms with Gasteiger partial charge in [0.15, 0.2) is 5.13 Å². The zero-order chi connectivity index (χ0) is 13.1. The number of aromatic nitrogens is 1. The molecule has 0 fully saturated rings. The van der Waals surface area contributed by atoms with E-state index in [9.17, 15) is 4.79 Å². The largest absolute Gasteiger partial charge is 0.480 e. The van der Waals surface area contributed by atoms with Crippen LogP contribution in [-0.4, -0.2) is 16.1 Å². The van der Waals surface area contributed by atoms with E-state index in [4.69, 9.17) is 22.4 Å². The molecule has 0 spiro atoms. The lowest BCUT2D eigenvalue weighted by atomic mass is 10.2. The molecule has 1 unspecified atom stereocenters. The summed E-state index contributed by atoms with van der Waals surface area (Å²) in [5.74, 6) is -1.09. The standard InChI is InChI=1S/C10H10ClN3O2S2/c11-7-2-1-5(18-7)3-13-10-14-6(4-17-10)8(12)9(15)16/h1-2,4,8H,3,12H2,(H,13,14)(H,15,16). The number of nitrogens with zero attached hydrogens (tertiary/aromatic N) is 1. The number of carboxylic acid groups (broad SMARTS) is 1. The predicted octanol–water partition coefficient (Wildman–Crippen LogP) is 2.55. The molecule has 0 aliphatic heterocycles. The molecule has 0 aliphatic carbocycles. The Morgan fingerprint density at radius 1 is 1.61 bits per heavy atom. The zero-order valence-electron chi connectivity index (χ0n) is 9.09. The van der Waals surface area contributed by atoms with Crippen molar-refractivity contribution < 1.29 is 9.90 Å². The van der Waals surface area contributed by atoms with Gasteiger partial charge in [-0.05, 0) is 12.1 Å². The van der Waals surface area contributed by atoms with Crippen LogP contribution >= 0.6 is 34.3 Å². The first-order valence-corrected chi connectivity index (χ1v) is 7.05. The highest BCUT2D eigenvalue weighted by Gasteiger charge is 2.17. The number of hydrogen-bond acceptors (Lipinski definition) is 6. The minimum atomic E-state index is -1.09. The Labute approximate surface area is 116 Å². The Kier molecular flexibility index (Phi) is 4.18. The molecule has 0 radical (unpaired) electrons. The molecular formula is C10H10ClN3O2S2. The minimum absolute atomic E-state index is 0.360. The predicted molar refractivity (Wildman–Crippen MR) is 73.3 cm³/mol. The molecule has 2 aromatic heterocycles. The van der Waals surface area contributed by atoms with Crippen LogP contribution in [0.25, 0.3) is 0 Å². The van der Waals surface area contributed by atoms with E-state index in [-0.39, 0.29) is 0 Å². The molecule has 2 heterocycles. The average Bonchev–Trinajstić information content (AvgIpc) is 2.94. The van der Waals surface area contributed by atoms with Crippen molar-refractivity contribution in [2.24, 2.45) is 5.73 Å². The first-order chi connectivity index (χ1) is 8.56. The highest BCUT2D eigenvalue weighted by molar-refractivity contribution is 7.16. The number of thiophene rings is 1. The zero-order valence-corrected chi connectivity index (χ0v) is 11.5. The second-order valence-corrected chi connectivity index (χ2v) is 6.11. The Hall–Kier alpha value is -1.15. The van der Waals surface area contributed by atoms with Crippen LogP contribution in [0.4, 0.5) is 5.13 Å². The fourth-order valence-electron chi connectivity index (χ4n) is 1.25.